The minimum absolute atomic E-state index is 0.0702. The third-order valence-corrected chi connectivity index (χ3v) is 5.30. The lowest BCUT2D eigenvalue weighted by molar-refractivity contribution is -0.122. The Bertz CT molecular complexity index is 926. The van der Waals surface area contributed by atoms with Crippen LogP contribution in [0.3, 0.4) is 0 Å². The molecule has 0 aromatic heterocycles. The Morgan fingerprint density at radius 1 is 1.26 bits per heavy atom. The summed E-state index contributed by atoms with van der Waals surface area (Å²) in [6.07, 6.45) is 1.87. The number of anilines is 1. The van der Waals surface area contributed by atoms with Crippen LogP contribution in [0.25, 0.3) is 6.08 Å². The molecule has 2 amide bonds. The number of rotatable bonds is 5. The molecule has 27 heavy (non-hydrogen) atoms. The number of aryl methyl sites for hydroxylation is 1. The van der Waals surface area contributed by atoms with Crippen molar-refractivity contribution in [1.29, 1.82) is 0 Å². The van der Waals surface area contributed by atoms with Crippen LogP contribution in [-0.2, 0) is 9.59 Å². The Balaban J connectivity index is 1.60. The fraction of sp³-hybridized carbons (Fsp3) is 0.150. The van der Waals surface area contributed by atoms with Gasteiger partial charge in [-0.3, -0.25) is 14.5 Å². The molecule has 0 radical (unpaired) electrons. The van der Waals surface area contributed by atoms with Crippen LogP contribution >= 0.6 is 24.0 Å². The van der Waals surface area contributed by atoms with Crippen molar-refractivity contribution in [2.75, 3.05) is 11.9 Å². The first-order valence-corrected chi connectivity index (χ1v) is 9.52. The van der Waals surface area contributed by atoms with Crippen LogP contribution in [0, 0.1) is 12.7 Å². The van der Waals surface area contributed by atoms with Gasteiger partial charge in [0.15, 0.2) is 0 Å². The van der Waals surface area contributed by atoms with E-state index in [4.69, 9.17) is 12.2 Å². The zero-order valence-corrected chi connectivity index (χ0v) is 16.2. The smallest absolute Gasteiger partial charge is 0.266 e. The highest BCUT2D eigenvalue weighted by Crippen LogP contribution is 2.32. The largest absolute Gasteiger partial charge is 0.326 e. The van der Waals surface area contributed by atoms with Gasteiger partial charge in [-0.25, -0.2) is 4.39 Å². The van der Waals surface area contributed by atoms with E-state index in [1.807, 2.05) is 31.2 Å². The fourth-order valence-electron chi connectivity index (χ4n) is 2.51. The lowest BCUT2D eigenvalue weighted by Gasteiger charge is -2.14. The minimum Gasteiger partial charge on any atom is -0.326 e. The molecule has 4 nitrogen and oxygen atoms in total. The summed E-state index contributed by atoms with van der Waals surface area (Å²) in [6.45, 7) is 2.18. The summed E-state index contributed by atoms with van der Waals surface area (Å²) in [7, 11) is 0. The number of thiocarbonyl (C=S) groups is 1. The molecule has 138 valence electrons. The summed E-state index contributed by atoms with van der Waals surface area (Å²) in [4.78, 5) is 26.6. The highest BCUT2D eigenvalue weighted by atomic mass is 32.2. The quantitative estimate of drug-likeness (QED) is 0.598. The summed E-state index contributed by atoms with van der Waals surface area (Å²) < 4.78 is 13.6. The van der Waals surface area contributed by atoms with Gasteiger partial charge in [0.05, 0.1) is 4.91 Å². The lowest BCUT2D eigenvalue weighted by Crippen LogP contribution is -2.31. The summed E-state index contributed by atoms with van der Waals surface area (Å²) in [5.74, 6) is -0.938. The molecule has 0 unspecified atom stereocenters. The minimum atomic E-state index is -0.425. The predicted octanol–water partition coefficient (Wildman–Crippen LogP) is 4.36. The molecule has 1 fully saturated rings. The molecule has 0 spiro atoms. The lowest BCUT2D eigenvalue weighted by atomic mass is 10.1. The number of carbonyl (C=O) groups excluding carboxylic acids is 2. The third-order valence-electron chi connectivity index (χ3n) is 3.92. The summed E-state index contributed by atoms with van der Waals surface area (Å²) >= 11 is 6.50. The number of hydrogen-bond acceptors (Lipinski definition) is 4. The molecule has 2 aromatic carbocycles. The Morgan fingerprint density at radius 3 is 2.70 bits per heavy atom. The van der Waals surface area contributed by atoms with Crippen molar-refractivity contribution >= 4 is 51.9 Å². The van der Waals surface area contributed by atoms with Crippen molar-refractivity contribution in [2.45, 2.75) is 13.3 Å². The van der Waals surface area contributed by atoms with Crippen LogP contribution in [0.5, 0.6) is 0 Å². The van der Waals surface area contributed by atoms with Crippen molar-refractivity contribution in [3.63, 3.8) is 0 Å². The van der Waals surface area contributed by atoms with Gasteiger partial charge in [0, 0.05) is 18.7 Å². The summed E-state index contributed by atoms with van der Waals surface area (Å²) in [5.41, 5.74) is 2.44. The van der Waals surface area contributed by atoms with Crippen molar-refractivity contribution in [1.82, 2.24) is 4.90 Å². The fourth-order valence-corrected chi connectivity index (χ4v) is 3.82. The number of benzene rings is 2. The van der Waals surface area contributed by atoms with Crippen LogP contribution < -0.4 is 5.32 Å². The average molecular weight is 401 g/mol. The summed E-state index contributed by atoms with van der Waals surface area (Å²) in [5, 5.41) is 2.61. The monoisotopic (exact) mass is 400 g/mol. The van der Waals surface area contributed by atoms with Gasteiger partial charge in [-0.2, -0.15) is 0 Å². The zero-order chi connectivity index (χ0) is 19.4. The van der Waals surface area contributed by atoms with Crippen molar-refractivity contribution in [2.24, 2.45) is 0 Å². The Hall–Kier alpha value is -2.51. The van der Waals surface area contributed by atoms with E-state index in [0.717, 1.165) is 11.1 Å². The second kappa shape index (κ2) is 8.45. The molecule has 1 N–H and O–H groups in total. The number of thioether (sulfide) groups is 1. The maximum atomic E-state index is 13.2. The van der Waals surface area contributed by atoms with Gasteiger partial charge >= 0.3 is 0 Å². The molecule has 0 aliphatic carbocycles. The van der Waals surface area contributed by atoms with E-state index in [2.05, 4.69) is 5.32 Å². The first-order valence-electron chi connectivity index (χ1n) is 8.30. The van der Waals surface area contributed by atoms with Crippen LogP contribution in [0.15, 0.2) is 53.4 Å². The number of amides is 2. The highest BCUT2D eigenvalue weighted by molar-refractivity contribution is 8.26. The highest BCUT2D eigenvalue weighted by Gasteiger charge is 2.32. The van der Waals surface area contributed by atoms with Gasteiger partial charge in [0.2, 0.25) is 5.91 Å². The maximum absolute atomic E-state index is 13.2. The molecule has 3 rings (SSSR count). The maximum Gasteiger partial charge on any atom is 0.266 e. The number of nitrogens with zero attached hydrogens (tertiary/aromatic N) is 1. The van der Waals surface area contributed by atoms with Gasteiger partial charge in [-0.15, -0.1) is 0 Å². The Morgan fingerprint density at radius 2 is 2.00 bits per heavy atom. The molecule has 0 bridgehead atoms. The van der Waals surface area contributed by atoms with Crippen molar-refractivity contribution in [3.05, 3.63) is 70.4 Å². The number of halogens is 1. The zero-order valence-electron chi connectivity index (χ0n) is 14.6. The van der Waals surface area contributed by atoms with Gasteiger partial charge in [0.25, 0.3) is 5.91 Å². The molecule has 1 aliphatic heterocycles. The molecule has 0 saturated carbocycles. The normalized spacial score (nSPS) is 15.5. The van der Waals surface area contributed by atoms with E-state index in [-0.39, 0.29) is 24.8 Å². The SMILES string of the molecule is Cc1ccc(C=C2SC(=S)N(CCC(=O)Nc3cccc(F)c3)C2=O)cc1. The number of carbonyl (C=O) groups is 2. The van der Waals surface area contributed by atoms with Gasteiger partial charge in [0.1, 0.15) is 10.1 Å². The molecule has 7 heteroatoms. The molecule has 2 aromatic rings. The van der Waals surface area contributed by atoms with Crippen LogP contribution in [0.4, 0.5) is 10.1 Å². The van der Waals surface area contributed by atoms with Crippen LogP contribution in [0.1, 0.15) is 17.5 Å². The topological polar surface area (TPSA) is 49.4 Å². The van der Waals surface area contributed by atoms with Crippen LogP contribution in [-0.4, -0.2) is 27.6 Å². The average Bonchev–Trinajstić information content (AvgIpc) is 2.88. The van der Waals surface area contributed by atoms with E-state index in [0.29, 0.717) is 14.9 Å². The van der Waals surface area contributed by atoms with E-state index in [9.17, 15) is 14.0 Å². The van der Waals surface area contributed by atoms with E-state index < -0.39 is 5.82 Å². The Labute approximate surface area is 166 Å². The van der Waals surface area contributed by atoms with Crippen molar-refractivity contribution in [3.8, 4) is 0 Å². The van der Waals surface area contributed by atoms with E-state index in [1.54, 1.807) is 12.1 Å². The third kappa shape index (κ3) is 5.02. The Kier molecular flexibility index (Phi) is 6.03. The van der Waals surface area contributed by atoms with Gasteiger partial charge < -0.3 is 5.32 Å². The number of hydrogen-bond donors (Lipinski definition) is 1. The van der Waals surface area contributed by atoms with Gasteiger partial charge in [-0.1, -0.05) is 59.9 Å². The molecule has 1 saturated heterocycles. The van der Waals surface area contributed by atoms with E-state index >= 15 is 0 Å². The van der Waals surface area contributed by atoms with Gasteiger partial charge in [-0.05, 0) is 36.8 Å². The second-order valence-electron chi connectivity index (χ2n) is 6.05. The molecule has 0 atom stereocenters. The molecular weight excluding hydrogens is 383 g/mol. The first-order chi connectivity index (χ1) is 12.9. The molecule has 1 aliphatic rings. The first kappa shape index (κ1) is 19.3. The second-order valence-corrected chi connectivity index (χ2v) is 7.73. The molecule has 1 heterocycles. The van der Waals surface area contributed by atoms with Crippen LogP contribution in [0.2, 0.25) is 0 Å². The molecular formula is C20H17FN2O2S2. The van der Waals surface area contributed by atoms with Crippen molar-refractivity contribution < 1.29 is 14.0 Å². The van der Waals surface area contributed by atoms with E-state index in [1.165, 1.54) is 34.9 Å². The summed E-state index contributed by atoms with van der Waals surface area (Å²) in [6, 6.07) is 13.5. The number of nitrogens with one attached hydrogen (secondary N) is 1. The predicted molar refractivity (Wildman–Crippen MR) is 111 cm³/mol. The standard InChI is InChI=1S/C20H17FN2O2S2/c1-13-5-7-14(8-6-13)11-17-19(25)23(20(26)27-17)10-9-18(24)22-16-4-2-3-15(21)12-16/h2-8,11-12H,9-10H2,1H3,(H,22,24).